The molecule has 0 spiro atoms. The number of benzene rings is 1. The first kappa shape index (κ1) is 13.3. The van der Waals surface area contributed by atoms with E-state index >= 15 is 0 Å². The van der Waals surface area contributed by atoms with E-state index in [-0.39, 0.29) is 11.3 Å². The van der Waals surface area contributed by atoms with Crippen molar-refractivity contribution in [2.45, 2.75) is 13.1 Å². The lowest BCUT2D eigenvalue weighted by Gasteiger charge is -2.10. The van der Waals surface area contributed by atoms with Crippen LogP contribution in [0.2, 0.25) is 0 Å². The number of hydrogen-bond acceptors (Lipinski definition) is 2. The molecule has 19 heavy (non-hydrogen) atoms. The summed E-state index contributed by atoms with van der Waals surface area (Å²) in [5.74, 6) is -1.39. The minimum atomic E-state index is -4.75. The Morgan fingerprint density at radius 2 is 1.95 bits per heavy atom. The molecule has 0 saturated carbocycles. The summed E-state index contributed by atoms with van der Waals surface area (Å²) in [6.45, 7) is 1.61. The monoisotopic (exact) mass is 272 g/mol. The van der Waals surface area contributed by atoms with Crippen molar-refractivity contribution < 1.29 is 17.6 Å². The molecule has 2 rings (SSSR count). The maximum absolute atomic E-state index is 13.4. The molecule has 1 N–H and O–H groups in total. The second kappa shape index (κ2) is 4.49. The van der Waals surface area contributed by atoms with Gasteiger partial charge in [-0.15, -0.1) is 0 Å². The van der Waals surface area contributed by atoms with Gasteiger partial charge >= 0.3 is 11.9 Å². The lowest BCUT2D eigenvalue weighted by atomic mass is 10.1. The van der Waals surface area contributed by atoms with Crippen molar-refractivity contribution in [1.82, 2.24) is 9.97 Å². The van der Waals surface area contributed by atoms with Gasteiger partial charge in [-0.3, -0.25) is 0 Å². The van der Waals surface area contributed by atoms with Gasteiger partial charge in [0.25, 0.3) is 0 Å². The topological polar surface area (TPSA) is 45.8 Å². The second-order valence-electron chi connectivity index (χ2n) is 3.94. The van der Waals surface area contributed by atoms with E-state index in [0.29, 0.717) is 11.6 Å². The van der Waals surface area contributed by atoms with Crippen LogP contribution in [0, 0.1) is 12.7 Å². The lowest BCUT2D eigenvalue weighted by molar-refractivity contribution is -0.139. The van der Waals surface area contributed by atoms with Crippen LogP contribution in [-0.2, 0) is 6.18 Å². The fraction of sp³-hybridized carbons (Fsp3) is 0.167. The maximum atomic E-state index is 13.4. The van der Waals surface area contributed by atoms with Crippen LogP contribution in [-0.4, -0.2) is 9.97 Å². The molecular weight excluding hydrogens is 264 g/mol. The van der Waals surface area contributed by atoms with E-state index in [4.69, 9.17) is 0 Å². The van der Waals surface area contributed by atoms with Crippen LogP contribution in [0.4, 0.5) is 17.6 Å². The quantitative estimate of drug-likeness (QED) is 0.811. The summed E-state index contributed by atoms with van der Waals surface area (Å²) < 4.78 is 50.7. The van der Waals surface area contributed by atoms with E-state index in [1.807, 2.05) is 0 Å². The third-order valence-electron chi connectivity index (χ3n) is 2.56. The van der Waals surface area contributed by atoms with Crippen LogP contribution < -0.4 is 5.69 Å². The molecule has 7 heteroatoms. The van der Waals surface area contributed by atoms with Gasteiger partial charge in [-0.2, -0.15) is 13.2 Å². The van der Waals surface area contributed by atoms with Crippen molar-refractivity contribution in [2.75, 3.05) is 0 Å². The summed E-state index contributed by atoms with van der Waals surface area (Å²) in [6, 6.07) is 2.48. The van der Waals surface area contributed by atoms with Crippen LogP contribution in [0.25, 0.3) is 11.3 Å². The summed E-state index contributed by atoms with van der Waals surface area (Å²) in [4.78, 5) is 16.9. The van der Waals surface area contributed by atoms with Gasteiger partial charge in [-0.05, 0) is 24.6 Å². The Bertz CT molecular complexity index is 676. The first-order valence-electron chi connectivity index (χ1n) is 5.22. The van der Waals surface area contributed by atoms with Gasteiger partial charge < -0.3 is 4.98 Å². The van der Waals surface area contributed by atoms with Crippen LogP contribution in [0.3, 0.4) is 0 Å². The molecule has 2 aromatic rings. The Hall–Kier alpha value is -2.18. The maximum Gasteiger partial charge on any atom is 0.419 e. The van der Waals surface area contributed by atoms with E-state index < -0.39 is 23.2 Å². The zero-order valence-corrected chi connectivity index (χ0v) is 9.68. The smallest absolute Gasteiger partial charge is 0.305 e. The number of aromatic amines is 1. The van der Waals surface area contributed by atoms with Gasteiger partial charge in [0.05, 0.1) is 11.3 Å². The summed E-state index contributed by atoms with van der Waals surface area (Å²) in [5.41, 5.74) is -1.07. The largest absolute Gasteiger partial charge is 0.419 e. The second-order valence-corrected chi connectivity index (χ2v) is 3.94. The van der Waals surface area contributed by atoms with Gasteiger partial charge in [0, 0.05) is 11.8 Å². The average Bonchev–Trinajstić information content (AvgIpc) is 2.30. The first-order valence-corrected chi connectivity index (χ1v) is 5.22. The predicted molar refractivity (Wildman–Crippen MR) is 60.0 cm³/mol. The highest BCUT2D eigenvalue weighted by Crippen LogP contribution is 2.33. The van der Waals surface area contributed by atoms with Crippen molar-refractivity contribution in [3.8, 4) is 11.3 Å². The van der Waals surface area contributed by atoms with Crippen molar-refractivity contribution in [1.29, 1.82) is 0 Å². The summed E-state index contributed by atoms with van der Waals surface area (Å²) in [5, 5.41) is 0. The van der Waals surface area contributed by atoms with Gasteiger partial charge in [0.2, 0.25) is 0 Å². The van der Waals surface area contributed by atoms with E-state index in [2.05, 4.69) is 9.97 Å². The van der Waals surface area contributed by atoms with Gasteiger partial charge in [0.1, 0.15) is 5.82 Å². The number of alkyl halides is 3. The zero-order chi connectivity index (χ0) is 14.2. The van der Waals surface area contributed by atoms with Crippen LogP contribution in [0.15, 0.2) is 29.2 Å². The summed E-state index contributed by atoms with van der Waals surface area (Å²) in [6.07, 6.45) is -3.48. The molecule has 100 valence electrons. The average molecular weight is 272 g/mol. The fourth-order valence-corrected chi connectivity index (χ4v) is 1.66. The zero-order valence-electron chi connectivity index (χ0n) is 9.68. The van der Waals surface area contributed by atoms with E-state index in [1.54, 1.807) is 6.92 Å². The highest BCUT2D eigenvalue weighted by atomic mass is 19.4. The van der Waals surface area contributed by atoms with E-state index in [9.17, 15) is 22.4 Å². The normalized spacial score (nSPS) is 11.6. The highest BCUT2D eigenvalue weighted by molar-refractivity contribution is 5.62. The van der Waals surface area contributed by atoms with Crippen LogP contribution in [0.5, 0.6) is 0 Å². The SMILES string of the molecule is Cc1cnc(=O)[nH]c1-c1ccc(C(F)(F)F)c(F)c1. The molecule has 0 aliphatic carbocycles. The number of nitrogens with zero attached hydrogens (tertiary/aromatic N) is 1. The molecule has 0 aliphatic rings. The number of hydrogen-bond donors (Lipinski definition) is 1. The molecule has 3 nitrogen and oxygen atoms in total. The minimum absolute atomic E-state index is 0.155. The lowest BCUT2D eigenvalue weighted by Crippen LogP contribution is -2.12. The number of nitrogens with one attached hydrogen (secondary N) is 1. The summed E-state index contributed by atoms with van der Waals surface area (Å²) >= 11 is 0. The summed E-state index contributed by atoms with van der Waals surface area (Å²) in [7, 11) is 0. The number of rotatable bonds is 1. The molecule has 0 unspecified atom stereocenters. The van der Waals surface area contributed by atoms with Gasteiger partial charge in [0.15, 0.2) is 0 Å². The van der Waals surface area contributed by atoms with Crippen molar-refractivity contribution >= 4 is 0 Å². The Morgan fingerprint density at radius 3 is 2.53 bits per heavy atom. The molecule has 1 aromatic carbocycles. The Kier molecular flexibility index (Phi) is 3.13. The van der Waals surface area contributed by atoms with E-state index in [1.165, 1.54) is 6.20 Å². The molecule has 1 heterocycles. The van der Waals surface area contributed by atoms with Crippen molar-refractivity contribution in [3.63, 3.8) is 0 Å². The van der Waals surface area contributed by atoms with Gasteiger partial charge in [-0.1, -0.05) is 6.07 Å². The minimum Gasteiger partial charge on any atom is -0.305 e. The third-order valence-corrected chi connectivity index (χ3v) is 2.56. The molecule has 0 amide bonds. The van der Waals surface area contributed by atoms with Gasteiger partial charge in [-0.25, -0.2) is 14.2 Å². The number of H-pyrrole nitrogens is 1. The molecule has 0 saturated heterocycles. The number of halogens is 4. The van der Waals surface area contributed by atoms with Crippen molar-refractivity contribution in [3.05, 3.63) is 51.8 Å². The molecule has 0 radical (unpaired) electrons. The Labute approximate surface area is 104 Å². The van der Waals surface area contributed by atoms with Crippen LogP contribution in [0.1, 0.15) is 11.1 Å². The molecule has 0 fully saturated rings. The number of aromatic nitrogens is 2. The first-order chi connectivity index (χ1) is 8.79. The Morgan fingerprint density at radius 1 is 1.26 bits per heavy atom. The molecule has 0 bridgehead atoms. The fourth-order valence-electron chi connectivity index (χ4n) is 1.66. The molecule has 1 aromatic heterocycles. The van der Waals surface area contributed by atoms with Crippen LogP contribution >= 0.6 is 0 Å². The Balaban J connectivity index is 2.57. The molecular formula is C12H8F4N2O. The third kappa shape index (κ3) is 2.64. The predicted octanol–water partition coefficient (Wildman–Crippen LogP) is 2.90. The van der Waals surface area contributed by atoms with E-state index in [0.717, 1.165) is 12.1 Å². The standard InChI is InChI=1S/C12H8F4N2O/c1-6-5-17-11(19)18-10(6)7-2-3-8(9(13)4-7)12(14,15)16/h2-5H,1H3,(H,17,18,19). The van der Waals surface area contributed by atoms with Crippen molar-refractivity contribution in [2.24, 2.45) is 0 Å². The molecule has 0 atom stereocenters. The number of aryl methyl sites for hydroxylation is 1. The highest BCUT2D eigenvalue weighted by Gasteiger charge is 2.34. The molecule has 0 aliphatic heterocycles.